The fourth-order valence-corrected chi connectivity index (χ4v) is 2.43. The number of nitrogens with zero attached hydrogens (tertiary/aromatic N) is 1. The monoisotopic (exact) mass is 281 g/mol. The summed E-state index contributed by atoms with van der Waals surface area (Å²) in [6.07, 6.45) is 1.37. The Labute approximate surface area is 110 Å². The molecule has 0 unspecified atom stereocenters. The van der Waals surface area contributed by atoms with Gasteiger partial charge in [-0.1, -0.05) is 0 Å². The molecular weight excluding hydrogens is 269 g/mol. The number of benzene rings is 1. The maximum absolute atomic E-state index is 12.8. The maximum Gasteiger partial charge on any atom is 0.263 e. The summed E-state index contributed by atoms with van der Waals surface area (Å²) in [4.78, 5) is 3.84. The first kappa shape index (κ1) is 13.3. The SMILES string of the molecule is Cc1cc(NS(=O)(=O)c2ccc(F)cc2)ncc1N. The second-order valence-corrected chi connectivity index (χ2v) is 5.67. The number of nitrogens with two attached hydrogens (primary N) is 1. The second kappa shape index (κ2) is 4.85. The highest BCUT2D eigenvalue weighted by Gasteiger charge is 2.15. The number of rotatable bonds is 3. The van der Waals surface area contributed by atoms with Crippen LogP contribution in [0.15, 0.2) is 41.4 Å². The van der Waals surface area contributed by atoms with Gasteiger partial charge in [0, 0.05) is 0 Å². The standard InChI is InChI=1S/C12H12FN3O2S/c1-8-6-12(15-7-11(8)14)16-19(17,18)10-4-2-9(13)3-5-10/h2-7H,14H2,1H3,(H,15,16). The molecule has 0 aliphatic carbocycles. The average molecular weight is 281 g/mol. The number of aryl methyl sites for hydroxylation is 1. The molecule has 100 valence electrons. The van der Waals surface area contributed by atoms with Gasteiger partial charge < -0.3 is 5.73 Å². The summed E-state index contributed by atoms with van der Waals surface area (Å²) in [6, 6.07) is 6.05. The molecule has 0 atom stereocenters. The Morgan fingerprint density at radius 2 is 1.89 bits per heavy atom. The Kier molecular flexibility index (Phi) is 3.39. The van der Waals surface area contributed by atoms with Crippen molar-refractivity contribution in [2.45, 2.75) is 11.8 Å². The van der Waals surface area contributed by atoms with E-state index in [-0.39, 0.29) is 10.7 Å². The van der Waals surface area contributed by atoms with Crippen LogP contribution >= 0.6 is 0 Å². The van der Waals surface area contributed by atoms with Crippen molar-refractivity contribution in [3.8, 4) is 0 Å². The van der Waals surface area contributed by atoms with Crippen LogP contribution in [-0.2, 0) is 10.0 Å². The van der Waals surface area contributed by atoms with Crippen LogP contribution in [0.2, 0.25) is 0 Å². The minimum absolute atomic E-state index is 0.0369. The van der Waals surface area contributed by atoms with Crippen LogP contribution in [-0.4, -0.2) is 13.4 Å². The fourth-order valence-electron chi connectivity index (χ4n) is 1.43. The van der Waals surface area contributed by atoms with E-state index in [1.807, 2.05) is 0 Å². The number of hydrogen-bond acceptors (Lipinski definition) is 4. The number of pyridine rings is 1. The van der Waals surface area contributed by atoms with Crippen molar-refractivity contribution < 1.29 is 12.8 Å². The quantitative estimate of drug-likeness (QED) is 0.900. The normalized spacial score (nSPS) is 11.3. The molecule has 2 aromatic rings. The van der Waals surface area contributed by atoms with Crippen molar-refractivity contribution >= 4 is 21.5 Å². The van der Waals surface area contributed by atoms with E-state index in [1.165, 1.54) is 24.4 Å². The zero-order valence-electron chi connectivity index (χ0n) is 10.1. The molecule has 0 radical (unpaired) electrons. The fraction of sp³-hybridized carbons (Fsp3) is 0.0833. The Balaban J connectivity index is 2.30. The van der Waals surface area contributed by atoms with Gasteiger partial charge in [-0.05, 0) is 42.8 Å². The molecule has 2 rings (SSSR count). The summed E-state index contributed by atoms with van der Waals surface area (Å²) in [5.41, 5.74) is 6.79. The minimum Gasteiger partial charge on any atom is -0.397 e. The lowest BCUT2D eigenvalue weighted by Crippen LogP contribution is -2.14. The molecule has 1 heterocycles. The van der Waals surface area contributed by atoms with E-state index in [2.05, 4.69) is 9.71 Å². The van der Waals surface area contributed by atoms with Crippen LogP contribution in [0.25, 0.3) is 0 Å². The summed E-state index contributed by atoms with van der Waals surface area (Å²) in [5.74, 6) is -0.337. The summed E-state index contributed by atoms with van der Waals surface area (Å²) in [6.45, 7) is 1.74. The molecule has 0 saturated carbocycles. The van der Waals surface area contributed by atoms with E-state index in [0.29, 0.717) is 11.3 Å². The van der Waals surface area contributed by atoms with Gasteiger partial charge in [0.2, 0.25) is 0 Å². The van der Waals surface area contributed by atoms with E-state index in [0.717, 1.165) is 12.1 Å². The number of hydrogen-bond donors (Lipinski definition) is 2. The Bertz CT molecular complexity index is 699. The van der Waals surface area contributed by atoms with Gasteiger partial charge in [-0.2, -0.15) is 0 Å². The number of halogens is 1. The van der Waals surface area contributed by atoms with Crippen molar-refractivity contribution in [3.05, 3.63) is 47.9 Å². The van der Waals surface area contributed by atoms with Crippen LogP contribution < -0.4 is 10.5 Å². The number of anilines is 2. The van der Waals surface area contributed by atoms with Crippen LogP contribution in [0.3, 0.4) is 0 Å². The Hall–Kier alpha value is -2.15. The highest BCUT2D eigenvalue weighted by Crippen LogP contribution is 2.17. The van der Waals surface area contributed by atoms with Crippen molar-refractivity contribution in [2.24, 2.45) is 0 Å². The third-order valence-corrected chi connectivity index (χ3v) is 3.88. The molecule has 0 aliphatic heterocycles. The molecule has 0 fully saturated rings. The molecule has 0 bridgehead atoms. The first-order valence-corrected chi connectivity index (χ1v) is 6.87. The minimum atomic E-state index is -3.78. The van der Waals surface area contributed by atoms with Crippen LogP contribution in [0.5, 0.6) is 0 Å². The van der Waals surface area contributed by atoms with Gasteiger partial charge in [0.05, 0.1) is 16.8 Å². The van der Waals surface area contributed by atoms with E-state index in [1.54, 1.807) is 6.92 Å². The van der Waals surface area contributed by atoms with Gasteiger partial charge in [-0.3, -0.25) is 4.72 Å². The van der Waals surface area contributed by atoms with Gasteiger partial charge in [0.1, 0.15) is 11.6 Å². The van der Waals surface area contributed by atoms with Crippen molar-refractivity contribution in [2.75, 3.05) is 10.5 Å². The van der Waals surface area contributed by atoms with Gasteiger partial charge in [-0.15, -0.1) is 0 Å². The Morgan fingerprint density at radius 3 is 2.47 bits per heavy atom. The lowest BCUT2D eigenvalue weighted by molar-refractivity contribution is 0.599. The van der Waals surface area contributed by atoms with Gasteiger partial charge in [-0.25, -0.2) is 17.8 Å². The highest BCUT2D eigenvalue weighted by atomic mass is 32.2. The van der Waals surface area contributed by atoms with Crippen molar-refractivity contribution in [3.63, 3.8) is 0 Å². The number of nitrogens with one attached hydrogen (secondary N) is 1. The molecule has 0 spiro atoms. The Morgan fingerprint density at radius 1 is 1.26 bits per heavy atom. The summed E-state index contributed by atoms with van der Waals surface area (Å²) in [7, 11) is -3.78. The zero-order chi connectivity index (χ0) is 14.0. The highest BCUT2D eigenvalue weighted by molar-refractivity contribution is 7.92. The smallest absolute Gasteiger partial charge is 0.263 e. The van der Waals surface area contributed by atoms with Crippen molar-refractivity contribution in [1.82, 2.24) is 4.98 Å². The predicted molar refractivity (Wildman–Crippen MR) is 70.6 cm³/mol. The summed E-state index contributed by atoms with van der Waals surface area (Å²) < 4.78 is 39.1. The van der Waals surface area contributed by atoms with Crippen LogP contribution in [0.1, 0.15) is 5.56 Å². The number of sulfonamides is 1. The van der Waals surface area contributed by atoms with Gasteiger partial charge in [0.25, 0.3) is 10.0 Å². The van der Waals surface area contributed by atoms with Crippen LogP contribution in [0, 0.1) is 12.7 Å². The average Bonchev–Trinajstić information content (AvgIpc) is 2.34. The molecule has 0 saturated heterocycles. The lowest BCUT2D eigenvalue weighted by atomic mass is 10.2. The molecule has 1 aromatic carbocycles. The number of nitrogen functional groups attached to an aromatic ring is 1. The zero-order valence-corrected chi connectivity index (χ0v) is 10.9. The van der Waals surface area contributed by atoms with E-state index in [9.17, 15) is 12.8 Å². The van der Waals surface area contributed by atoms with E-state index in [4.69, 9.17) is 5.73 Å². The predicted octanol–water partition coefficient (Wildman–Crippen LogP) is 1.91. The summed E-state index contributed by atoms with van der Waals surface area (Å²) in [5, 5.41) is 0. The first-order chi connectivity index (χ1) is 8.88. The van der Waals surface area contributed by atoms with Crippen molar-refractivity contribution in [1.29, 1.82) is 0 Å². The van der Waals surface area contributed by atoms with Gasteiger partial charge in [0.15, 0.2) is 0 Å². The second-order valence-electron chi connectivity index (χ2n) is 3.99. The van der Waals surface area contributed by atoms with E-state index >= 15 is 0 Å². The molecule has 19 heavy (non-hydrogen) atoms. The van der Waals surface area contributed by atoms with Gasteiger partial charge >= 0.3 is 0 Å². The van der Waals surface area contributed by atoms with Crippen LogP contribution in [0.4, 0.5) is 15.9 Å². The molecule has 5 nitrogen and oxygen atoms in total. The topological polar surface area (TPSA) is 85.1 Å². The molecule has 0 amide bonds. The molecule has 1 aromatic heterocycles. The lowest BCUT2D eigenvalue weighted by Gasteiger charge is -2.08. The number of aromatic nitrogens is 1. The third-order valence-electron chi connectivity index (χ3n) is 2.51. The maximum atomic E-state index is 12.8. The first-order valence-electron chi connectivity index (χ1n) is 5.39. The third kappa shape index (κ3) is 3.00. The van der Waals surface area contributed by atoms with E-state index < -0.39 is 15.8 Å². The summed E-state index contributed by atoms with van der Waals surface area (Å²) >= 11 is 0. The molecular formula is C12H12FN3O2S. The molecule has 0 aliphatic rings. The largest absolute Gasteiger partial charge is 0.397 e. The molecule has 3 N–H and O–H groups in total. The molecule has 7 heteroatoms.